The number of nitrogens with zero attached hydrogens (tertiary/aromatic N) is 2. The molecule has 1 aliphatic carbocycles. The first-order valence-corrected chi connectivity index (χ1v) is 9.43. The van der Waals surface area contributed by atoms with Crippen molar-refractivity contribution in [3.05, 3.63) is 65.0 Å². The monoisotopic (exact) mass is 371 g/mol. The number of nitrogens with one attached hydrogen (secondary N) is 1. The van der Waals surface area contributed by atoms with E-state index in [9.17, 15) is 13.6 Å². The van der Waals surface area contributed by atoms with Crippen molar-refractivity contribution in [3.63, 3.8) is 0 Å². The largest absolute Gasteiger partial charge is 0.337 e. The van der Waals surface area contributed by atoms with Gasteiger partial charge in [-0.1, -0.05) is 12.1 Å². The fourth-order valence-electron chi connectivity index (χ4n) is 4.08. The molecule has 1 saturated carbocycles. The number of aromatic nitrogens is 1. The fraction of sp³-hybridized carbons (Fsp3) is 0.429. The van der Waals surface area contributed by atoms with Crippen molar-refractivity contribution in [3.8, 4) is 0 Å². The number of benzene rings is 1. The second kappa shape index (κ2) is 6.91. The third kappa shape index (κ3) is 3.40. The Balaban J connectivity index is 1.46. The molecule has 0 bridgehead atoms. The Labute approximate surface area is 157 Å². The van der Waals surface area contributed by atoms with Crippen molar-refractivity contribution in [2.45, 2.75) is 44.1 Å². The van der Waals surface area contributed by atoms with Gasteiger partial charge in [0.05, 0.1) is 11.7 Å². The van der Waals surface area contributed by atoms with Gasteiger partial charge in [-0.15, -0.1) is 0 Å². The van der Waals surface area contributed by atoms with Gasteiger partial charge in [-0.25, -0.2) is 13.6 Å². The highest BCUT2D eigenvalue weighted by atomic mass is 19.1. The van der Waals surface area contributed by atoms with Crippen LogP contribution in [0.3, 0.4) is 0 Å². The summed E-state index contributed by atoms with van der Waals surface area (Å²) in [6.07, 6.45) is 3.14. The summed E-state index contributed by atoms with van der Waals surface area (Å²) in [6.45, 7) is 2.84. The predicted octanol–water partition coefficient (Wildman–Crippen LogP) is 4.25. The Morgan fingerprint density at radius 1 is 1.22 bits per heavy atom. The van der Waals surface area contributed by atoms with E-state index in [2.05, 4.69) is 10.3 Å². The normalized spacial score (nSPS) is 20.6. The Morgan fingerprint density at radius 2 is 1.93 bits per heavy atom. The van der Waals surface area contributed by atoms with E-state index in [0.717, 1.165) is 24.2 Å². The van der Waals surface area contributed by atoms with Crippen LogP contribution in [0.5, 0.6) is 0 Å². The lowest BCUT2D eigenvalue weighted by Crippen LogP contribution is -2.43. The number of carbonyl (C=O) groups excluding carboxylic acids is 1. The predicted molar refractivity (Wildman–Crippen MR) is 98.3 cm³/mol. The van der Waals surface area contributed by atoms with E-state index in [-0.39, 0.29) is 24.2 Å². The molecule has 1 aromatic heterocycles. The zero-order valence-corrected chi connectivity index (χ0v) is 15.3. The SMILES string of the molecule is Cc1cccc(C2CCCN2C(=O)NCC2(c3c(F)cccc3F)CC2)n1. The average Bonchev–Trinajstić information content (AvgIpc) is 3.25. The molecular formula is C21H23F2N3O. The summed E-state index contributed by atoms with van der Waals surface area (Å²) < 4.78 is 28.3. The van der Waals surface area contributed by atoms with E-state index < -0.39 is 17.0 Å². The standard InChI is InChI=1S/C21H23F2N3O/c1-14-5-2-8-17(25-14)18-9-4-12-26(18)20(27)24-13-21(10-11-21)19-15(22)6-3-7-16(19)23/h2-3,5-8,18H,4,9-13H2,1H3,(H,24,27). The van der Waals surface area contributed by atoms with Gasteiger partial charge in [-0.3, -0.25) is 4.98 Å². The molecular weight excluding hydrogens is 348 g/mol. The van der Waals surface area contributed by atoms with Gasteiger partial charge in [0.2, 0.25) is 0 Å². The number of hydrogen-bond acceptors (Lipinski definition) is 2. The van der Waals surface area contributed by atoms with E-state index in [1.165, 1.54) is 18.2 Å². The molecule has 2 aromatic rings. The van der Waals surface area contributed by atoms with Gasteiger partial charge in [-0.2, -0.15) is 0 Å². The molecule has 2 amide bonds. The summed E-state index contributed by atoms with van der Waals surface area (Å²) >= 11 is 0. The molecule has 4 rings (SSSR count). The quantitative estimate of drug-likeness (QED) is 0.873. The van der Waals surface area contributed by atoms with E-state index >= 15 is 0 Å². The molecule has 1 unspecified atom stereocenters. The zero-order chi connectivity index (χ0) is 19.0. The van der Waals surface area contributed by atoms with Gasteiger partial charge in [-0.05, 0) is 56.9 Å². The van der Waals surface area contributed by atoms with Gasteiger partial charge >= 0.3 is 6.03 Å². The number of pyridine rings is 1. The lowest BCUT2D eigenvalue weighted by atomic mass is 9.94. The number of urea groups is 1. The number of aryl methyl sites for hydroxylation is 1. The number of likely N-dealkylation sites (tertiary alicyclic amines) is 1. The molecule has 2 heterocycles. The minimum absolute atomic E-state index is 0.0507. The molecule has 0 radical (unpaired) electrons. The Hall–Kier alpha value is -2.50. The number of halogens is 2. The average molecular weight is 371 g/mol. The summed E-state index contributed by atoms with van der Waals surface area (Å²) in [6, 6.07) is 9.51. The maximum atomic E-state index is 14.2. The summed E-state index contributed by atoms with van der Waals surface area (Å²) in [4.78, 5) is 19.1. The van der Waals surface area contributed by atoms with E-state index in [4.69, 9.17) is 0 Å². The van der Waals surface area contributed by atoms with Gasteiger partial charge in [0, 0.05) is 29.8 Å². The molecule has 1 saturated heterocycles. The van der Waals surface area contributed by atoms with E-state index in [1.807, 2.05) is 25.1 Å². The molecule has 2 fully saturated rings. The zero-order valence-electron chi connectivity index (χ0n) is 15.3. The molecule has 1 aliphatic heterocycles. The minimum Gasteiger partial charge on any atom is -0.337 e. The van der Waals surface area contributed by atoms with Crippen LogP contribution in [-0.2, 0) is 5.41 Å². The summed E-state index contributed by atoms with van der Waals surface area (Å²) in [7, 11) is 0. The summed E-state index contributed by atoms with van der Waals surface area (Å²) in [5, 5.41) is 2.92. The topological polar surface area (TPSA) is 45.2 Å². The molecule has 2 aliphatic rings. The van der Waals surface area contributed by atoms with Crippen LogP contribution in [0.15, 0.2) is 36.4 Å². The Kier molecular flexibility index (Phi) is 4.58. The second-order valence-electron chi connectivity index (χ2n) is 7.59. The molecule has 0 spiro atoms. The van der Waals surface area contributed by atoms with Gasteiger partial charge in [0.25, 0.3) is 0 Å². The molecule has 27 heavy (non-hydrogen) atoms. The highest BCUT2D eigenvalue weighted by Crippen LogP contribution is 2.49. The van der Waals surface area contributed by atoms with Crippen molar-refractivity contribution in [1.29, 1.82) is 0 Å². The van der Waals surface area contributed by atoms with Crippen LogP contribution in [0.1, 0.15) is 48.7 Å². The third-order valence-electron chi connectivity index (χ3n) is 5.69. The van der Waals surface area contributed by atoms with Crippen LogP contribution in [0.25, 0.3) is 0 Å². The molecule has 6 heteroatoms. The van der Waals surface area contributed by atoms with E-state index in [1.54, 1.807) is 4.90 Å². The number of amides is 2. The fourth-order valence-corrected chi connectivity index (χ4v) is 4.08. The van der Waals surface area contributed by atoms with Gasteiger partial charge in [0.15, 0.2) is 0 Å². The Bertz CT molecular complexity index is 846. The number of carbonyl (C=O) groups is 1. The first-order valence-electron chi connectivity index (χ1n) is 9.43. The first-order chi connectivity index (χ1) is 13.0. The second-order valence-corrected chi connectivity index (χ2v) is 7.59. The molecule has 1 atom stereocenters. The smallest absolute Gasteiger partial charge is 0.317 e. The van der Waals surface area contributed by atoms with E-state index in [0.29, 0.717) is 19.4 Å². The Morgan fingerprint density at radius 3 is 2.59 bits per heavy atom. The molecule has 1 N–H and O–H groups in total. The maximum Gasteiger partial charge on any atom is 0.317 e. The number of rotatable bonds is 4. The van der Waals surface area contributed by atoms with Crippen LogP contribution in [-0.4, -0.2) is 29.0 Å². The molecule has 4 nitrogen and oxygen atoms in total. The van der Waals surface area contributed by atoms with Crippen molar-refractivity contribution in [2.75, 3.05) is 13.1 Å². The highest BCUT2D eigenvalue weighted by molar-refractivity contribution is 5.75. The van der Waals surface area contributed by atoms with Crippen LogP contribution in [0.4, 0.5) is 13.6 Å². The summed E-state index contributed by atoms with van der Waals surface area (Å²) in [5.74, 6) is -1.07. The minimum atomic E-state index is -0.623. The van der Waals surface area contributed by atoms with Crippen molar-refractivity contribution in [1.82, 2.24) is 15.2 Å². The van der Waals surface area contributed by atoms with Crippen LogP contribution in [0.2, 0.25) is 0 Å². The molecule has 142 valence electrons. The van der Waals surface area contributed by atoms with Gasteiger partial charge < -0.3 is 10.2 Å². The first kappa shape index (κ1) is 17.9. The maximum absolute atomic E-state index is 14.2. The molecule has 1 aromatic carbocycles. The van der Waals surface area contributed by atoms with Gasteiger partial charge in [0.1, 0.15) is 11.6 Å². The van der Waals surface area contributed by atoms with Crippen LogP contribution in [0, 0.1) is 18.6 Å². The van der Waals surface area contributed by atoms with Crippen molar-refractivity contribution in [2.24, 2.45) is 0 Å². The highest BCUT2D eigenvalue weighted by Gasteiger charge is 2.48. The van der Waals surface area contributed by atoms with Crippen LogP contribution < -0.4 is 5.32 Å². The van der Waals surface area contributed by atoms with Crippen molar-refractivity contribution < 1.29 is 13.6 Å². The van der Waals surface area contributed by atoms with Crippen molar-refractivity contribution >= 4 is 6.03 Å². The lowest BCUT2D eigenvalue weighted by Gasteiger charge is -2.26. The number of hydrogen-bond donors (Lipinski definition) is 1. The third-order valence-corrected chi connectivity index (χ3v) is 5.69. The summed E-state index contributed by atoms with van der Waals surface area (Å²) in [5.41, 5.74) is 1.29. The van der Waals surface area contributed by atoms with Crippen LogP contribution >= 0.6 is 0 Å². The lowest BCUT2D eigenvalue weighted by molar-refractivity contribution is 0.191.